The van der Waals surface area contributed by atoms with Gasteiger partial charge in [-0.2, -0.15) is 5.26 Å². The quantitative estimate of drug-likeness (QED) is 0.838. The number of para-hydroxylation sites is 1. The molecule has 1 fully saturated rings. The predicted octanol–water partition coefficient (Wildman–Crippen LogP) is 3.15. The number of carbonyl (C=O) groups excluding carboxylic acids is 1. The van der Waals surface area contributed by atoms with Crippen molar-refractivity contribution < 1.29 is 4.79 Å². The molecule has 0 bridgehead atoms. The molecular formula is C21H22N4O. The Morgan fingerprint density at radius 1 is 1.19 bits per heavy atom. The van der Waals surface area contributed by atoms with Gasteiger partial charge in [-0.15, -0.1) is 0 Å². The zero-order chi connectivity index (χ0) is 18.1. The van der Waals surface area contributed by atoms with Crippen LogP contribution in [0.15, 0.2) is 42.6 Å². The maximum atomic E-state index is 13.2. The molecule has 2 aliphatic rings. The summed E-state index contributed by atoms with van der Waals surface area (Å²) >= 11 is 0. The molecule has 4 rings (SSSR count). The van der Waals surface area contributed by atoms with Gasteiger partial charge in [0.1, 0.15) is 11.9 Å². The van der Waals surface area contributed by atoms with Gasteiger partial charge in [-0.3, -0.25) is 4.79 Å². The minimum atomic E-state index is 0.0678. The molecule has 3 heterocycles. The van der Waals surface area contributed by atoms with E-state index in [9.17, 15) is 4.79 Å². The molecule has 0 spiro atoms. The van der Waals surface area contributed by atoms with Crippen LogP contribution in [0.5, 0.6) is 0 Å². The summed E-state index contributed by atoms with van der Waals surface area (Å²) in [6.07, 6.45) is 4.23. The highest BCUT2D eigenvalue weighted by molar-refractivity contribution is 5.97. The predicted molar refractivity (Wildman–Crippen MR) is 101 cm³/mol. The number of pyridine rings is 1. The summed E-state index contributed by atoms with van der Waals surface area (Å²) in [5.74, 6) is 1.21. The first-order chi connectivity index (χ1) is 12.7. The zero-order valence-corrected chi connectivity index (χ0v) is 14.9. The number of carbonyl (C=O) groups is 1. The van der Waals surface area contributed by atoms with Gasteiger partial charge in [0.05, 0.1) is 5.56 Å². The van der Waals surface area contributed by atoms with Crippen molar-refractivity contribution in [2.24, 2.45) is 5.92 Å². The van der Waals surface area contributed by atoms with Crippen LogP contribution < -0.4 is 9.80 Å². The van der Waals surface area contributed by atoms with Gasteiger partial charge >= 0.3 is 0 Å². The molecule has 26 heavy (non-hydrogen) atoms. The van der Waals surface area contributed by atoms with Gasteiger partial charge in [0.15, 0.2) is 0 Å². The summed E-state index contributed by atoms with van der Waals surface area (Å²) in [6, 6.07) is 14.2. The van der Waals surface area contributed by atoms with Crippen molar-refractivity contribution in [2.75, 3.05) is 22.9 Å². The SMILES string of the molecule is CC1Cc2ccccc2N1C(=O)C1CCN(c2ccc(C#N)cn2)CC1. The van der Waals surface area contributed by atoms with Crippen LogP contribution in [0.2, 0.25) is 0 Å². The molecule has 1 aromatic carbocycles. The molecule has 1 saturated heterocycles. The number of nitrogens with zero attached hydrogens (tertiary/aromatic N) is 4. The minimum Gasteiger partial charge on any atom is -0.357 e. The number of hydrogen-bond donors (Lipinski definition) is 0. The monoisotopic (exact) mass is 346 g/mol. The van der Waals surface area contributed by atoms with E-state index in [1.54, 1.807) is 12.3 Å². The van der Waals surface area contributed by atoms with E-state index < -0.39 is 0 Å². The second kappa shape index (κ2) is 6.80. The summed E-state index contributed by atoms with van der Waals surface area (Å²) in [5.41, 5.74) is 2.93. The van der Waals surface area contributed by atoms with Crippen molar-refractivity contribution in [3.8, 4) is 6.07 Å². The second-order valence-electron chi connectivity index (χ2n) is 7.17. The maximum absolute atomic E-state index is 13.2. The van der Waals surface area contributed by atoms with Gasteiger partial charge in [0, 0.05) is 36.9 Å². The number of nitriles is 1. The molecular weight excluding hydrogens is 324 g/mol. The van der Waals surface area contributed by atoms with E-state index in [1.165, 1.54) is 5.56 Å². The van der Waals surface area contributed by atoms with Crippen molar-refractivity contribution >= 4 is 17.4 Å². The molecule has 0 radical (unpaired) electrons. The van der Waals surface area contributed by atoms with Crippen LogP contribution in [-0.2, 0) is 11.2 Å². The summed E-state index contributed by atoms with van der Waals surface area (Å²) < 4.78 is 0. The molecule has 1 atom stereocenters. The smallest absolute Gasteiger partial charge is 0.230 e. The Balaban J connectivity index is 1.43. The molecule has 0 N–H and O–H groups in total. The van der Waals surface area contributed by atoms with E-state index in [0.29, 0.717) is 5.56 Å². The highest BCUT2D eigenvalue weighted by Gasteiger charge is 2.36. The molecule has 1 unspecified atom stereocenters. The van der Waals surface area contributed by atoms with Gasteiger partial charge in [0.2, 0.25) is 5.91 Å². The third-order valence-electron chi connectivity index (χ3n) is 5.49. The van der Waals surface area contributed by atoms with Crippen molar-refractivity contribution in [1.29, 1.82) is 5.26 Å². The zero-order valence-electron chi connectivity index (χ0n) is 14.9. The summed E-state index contributed by atoms with van der Waals surface area (Å²) in [4.78, 5) is 21.7. The van der Waals surface area contributed by atoms with Crippen LogP contribution in [0.1, 0.15) is 30.9 Å². The van der Waals surface area contributed by atoms with Gasteiger partial charge < -0.3 is 9.80 Å². The van der Waals surface area contributed by atoms with E-state index in [0.717, 1.165) is 43.9 Å². The molecule has 132 valence electrons. The average molecular weight is 346 g/mol. The first-order valence-electron chi connectivity index (χ1n) is 9.19. The first-order valence-corrected chi connectivity index (χ1v) is 9.19. The Bertz CT molecular complexity index is 847. The van der Waals surface area contributed by atoms with Crippen LogP contribution in [0, 0.1) is 17.2 Å². The number of amides is 1. The Morgan fingerprint density at radius 2 is 1.96 bits per heavy atom. The molecule has 0 aliphatic carbocycles. The number of piperidine rings is 1. The molecule has 2 aliphatic heterocycles. The Morgan fingerprint density at radius 3 is 2.65 bits per heavy atom. The fourth-order valence-electron chi connectivity index (χ4n) is 4.09. The fraction of sp³-hybridized carbons (Fsp3) is 0.381. The van der Waals surface area contributed by atoms with E-state index in [4.69, 9.17) is 5.26 Å². The van der Waals surface area contributed by atoms with E-state index in [1.807, 2.05) is 23.1 Å². The number of benzene rings is 1. The highest BCUT2D eigenvalue weighted by Crippen LogP contribution is 2.34. The Labute approximate surface area is 153 Å². The van der Waals surface area contributed by atoms with Gasteiger partial charge in [0.25, 0.3) is 0 Å². The summed E-state index contributed by atoms with van der Waals surface area (Å²) in [6.45, 7) is 3.77. The number of aromatic nitrogens is 1. The standard InChI is InChI=1S/C21H22N4O/c1-15-12-18-4-2-3-5-19(18)25(15)21(26)17-8-10-24(11-9-17)20-7-6-16(13-22)14-23-20/h2-7,14-15,17H,8-12H2,1H3. The van der Waals surface area contributed by atoms with Crippen LogP contribution in [-0.4, -0.2) is 30.0 Å². The van der Waals surface area contributed by atoms with Crippen molar-refractivity contribution in [2.45, 2.75) is 32.2 Å². The Hall–Kier alpha value is -2.87. The summed E-state index contributed by atoms with van der Waals surface area (Å²) in [5, 5.41) is 8.88. The normalized spacial score (nSPS) is 19.9. The van der Waals surface area contributed by atoms with Crippen molar-refractivity contribution in [3.05, 3.63) is 53.7 Å². The van der Waals surface area contributed by atoms with Crippen LogP contribution in [0.3, 0.4) is 0 Å². The first kappa shape index (κ1) is 16.6. The van der Waals surface area contributed by atoms with Crippen LogP contribution >= 0.6 is 0 Å². The summed E-state index contributed by atoms with van der Waals surface area (Å²) in [7, 11) is 0. The minimum absolute atomic E-state index is 0.0678. The lowest BCUT2D eigenvalue weighted by Crippen LogP contribution is -2.45. The largest absolute Gasteiger partial charge is 0.357 e. The molecule has 2 aromatic rings. The van der Waals surface area contributed by atoms with Crippen molar-refractivity contribution in [1.82, 2.24) is 4.98 Å². The fourth-order valence-corrected chi connectivity index (χ4v) is 4.09. The van der Waals surface area contributed by atoms with Crippen molar-refractivity contribution in [3.63, 3.8) is 0 Å². The topological polar surface area (TPSA) is 60.2 Å². The third kappa shape index (κ3) is 2.92. The van der Waals surface area contributed by atoms with E-state index >= 15 is 0 Å². The van der Waals surface area contributed by atoms with E-state index in [2.05, 4.69) is 35.0 Å². The van der Waals surface area contributed by atoms with E-state index in [-0.39, 0.29) is 17.9 Å². The lowest BCUT2D eigenvalue weighted by Gasteiger charge is -2.35. The molecule has 5 heteroatoms. The molecule has 1 amide bonds. The highest BCUT2D eigenvalue weighted by atomic mass is 16.2. The molecule has 5 nitrogen and oxygen atoms in total. The lowest BCUT2D eigenvalue weighted by atomic mass is 9.94. The number of rotatable bonds is 2. The number of fused-ring (bicyclic) bond motifs is 1. The van der Waals surface area contributed by atoms with Crippen LogP contribution in [0.25, 0.3) is 0 Å². The van der Waals surface area contributed by atoms with Gasteiger partial charge in [-0.25, -0.2) is 4.98 Å². The molecule has 0 saturated carbocycles. The lowest BCUT2D eigenvalue weighted by molar-refractivity contribution is -0.123. The maximum Gasteiger partial charge on any atom is 0.230 e. The van der Waals surface area contributed by atoms with Gasteiger partial charge in [-0.1, -0.05) is 18.2 Å². The second-order valence-corrected chi connectivity index (χ2v) is 7.17. The van der Waals surface area contributed by atoms with Gasteiger partial charge in [-0.05, 0) is 49.9 Å². The average Bonchev–Trinajstić information content (AvgIpc) is 3.03. The third-order valence-corrected chi connectivity index (χ3v) is 5.49. The number of anilines is 2. The molecule has 1 aromatic heterocycles. The van der Waals surface area contributed by atoms with Crippen LogP contribution in [0.4, 0.5) is 11.5 Å². The number of hydrogen-bond acceptors (Lipinski definition) is 4. The Kier molecular flexibility index (Phi) is 4.34.